The van der Waals surface area contributed by atoms with Crippen molar-refractivity contribution in [3.05, 3.63) is 26.5 Å². The van der Waals surface area contributed by atoms with Gasteiger partial charge in [0.05, 0.1) is 5.01 Å². The molecule has 0 spiro atoms. The Balaban J connectivity index is 3.00. The van der Waals surface area contributed by atoms with Crippen LogP contribution < -0.4 is 0 Å². The molecule has 0 aliphatic rings. The van der Waals surface area contributed by atoms with E-state index in [1.165, 1.54) is 11.3 Å². The van der Waals surface area contributed by atoms with Gasteiger partial charge in [0.2, 0.25) is 0 Å². The van der Waals surface area contributed by atoms with Gasteiger partial charge in [-0.1, -0.05) is 20.8 Å². The maximum absolute atomic E-state index is 11.1. The maximum Gasteiger partial charge on any atom is 0.268 e. The molecule has 0 saturated carbocycles. The minimum Gasteiger partial charge on any atom is -0.285 e. The van der Waals surface area contributed by atoms with Gasteiger partial charge in [0.25, 0.3) is 5.91 Å². The Kier molecular flexibility index (Phi) is 2.88. The van der Waals surface area contributed by atoms with Crippen molar-refractivity contribution in [2.75, 3.05) is 0 Å². The van der Waals surface area contributed by atoms with Crippen molar-refractivity contribution in [3.63, 3.8) is 0 Å². The molecule has 0 aromatic carbocycles. The molecule has 0 radical (unpaired) electrons. The van der Waals surface area contributed by atoms with Crippen molar-refractivity contribution < 1.29 is 4.79 Å². The zero-order valence-electron chi connectivity index (χ0n) is 8.18. The van der Waals surface area contributed by atoms with E-state index in [2.05, 4.69) is 15.0 Å². The molecule has 0 bridgehead atoms. The third-order valence-corrected chi connectivity index (χ3v) is 2.77. The minimum atomic E-state index is -0.626. The minimum absolute atomic E-state index is 0.0838. The highest BCUT2D eigenvalue weighted by Crippen LogP contribution is 2.25. The molecule has 1 aromatic heterocycles. The molecule has 0 unspecified atom stereocenters. The van der Waals surface area contributed by atoms with Crippen molar-refractivity contribution in [3.8, 4) is 0 Å². The summed E-state index contributed by atoms with van der Waals surface area (Å²) in [4.78, 5) is 17.6. The van der Waals surface area contributed by atoms with Gasteiger partial charge in [0.1, 0.15) is 5.69 Å². The highest BCUT2D eigenvalue weighted by Gasteiger charge is 2.19. The predicted molar refractivity (Wildman–Crippen MR) is 54.3 cm³/mol. The van der Waals surface area contributed by atoms with Gasteiger partial charge in [-0.15, -0.1) is 11.3 Å². The number of carbonyl (C=O) groups is 1. The van der Waals surface area contributed by atoms with E-state index in [4.69, 9.17) is 5.53 Å². The highest BCUT2D eigenvalue weighted by molar-refractivity contribution is 7.10. The van der Waals surface area contributed by atoms with Crippen LogP contribution in [0.25, 0.3) is 10.4 Å². The van der Waals surface area contributed by atoms with Crippen molar-refractivity contribution in [2.45, 2.75) is 26.2 Å². The van der Waals surface area contributed by atoms with Crippen LogP contribution in [-0.2, 0) is 5.41 Å². The molecular formula is C8H10N4OS. The summed E-state index contributed by atoms with van der Waals surface area (Å²) in [7, 11) is 0. The first-order valence-electron chi connectivity index (χ1n) is 4.00. The van der Waals surface area contributed by atoms with Crippen molar-refractivity contribution in [1.82, 2.24) is 4.98 Å². The van der Waals surface area contributed by atoms with E-state index in [1.54, 1.807) is 5.38 Å². The second-order valence-corrected chi connectivity index (χ2v) is 4.64. The Morgan fingerprint density at radius 3 is 2.71 bits per heavy atom. The standard InChI is InChI=1S/C8H10N4OS/c1-8(2,3)7-10-5(4-14-7)6(13)11-12-9/h4H,1-3H3. The lowest BCUT2D eigenvalue weighted by Crippen LogP contribution is -2.11. The number of azide groups is 1. The van der Waals surface area contributed by atoms with Gasteiger partial charge < -0.3 is 0 Å². The van der Waals surface area contributed by atoms with Crippen molar-refractivity contribution >= 4 is 17.2 Å². The van der Waals surface area contributed by atoms with Gasteiger partial charge in [-0.3, -0.25) is 4.79 Å². The van der Waals surface area contributed by atoms with Gasteiger partial charge in [0.15, 0.2) is 0 Å². The van der Waals surface area contributed by atoms with Crippen LogP contribution in [0.3, 0.4) is 0 Å². The molecule has 0 fully saturated rings. The average Bonchev–Trinajstić information content (AvgIpc) is 2.51. The zero-order chi connectivity index (χ0) is 10.8. The lowest BCUT2D eigenvalue weighted by molar-refractivity contribution is 0.0996. The fourth-order valence-electron chi connectivity index (χ4n) is 0.808. The molecule has 6 heteroatoms. The summed E-state index contributed by atoms with van der Waals surface area (Å²) < 4.78 is 0. The number of rotatable bonds is 1. The zero-order valence-corrected chi connectivity index (χ0v) is 9.00. The van der Waals surface area contributed by atoms with E-state index in [0.29, 0.717) is 0 Å². The Labute approximate surface area is 85.4 Å². The summed E-state index contributed by atoms with van der Waals surface area (Å²) in [6.45, 7) is 6.02. The summed E-state index contributed by atoms with van der Waals surface area (Å²) >= 11 is 1.40. The van der Waals surface area contributed by atoms with E-state index < -0.39 is 5.91 Å². The number of hydrogen-bond donors (Lipinski definition) is 0. The van der Waals surface area contributed by atoms with Crippen molar-refractivity contribution in [1.29, 1.82) is 0 Å². The largest absolute Gasteiger partial charge is 0.285 e. The van der Waals surface area contributed by atoms with Gasteiger partial charge in [0, 0.05) is 15.7 Å². The Bertz CT molecular complexity index is 398. The van der Waals surface area contributed by atoms with Gasteiger partial charge >= 0.3 is 0 Å². The van der Waals surface area contributed by atoms with Crippen LogP contribution >= 0.6 is 11.3 Å². The van der Waals surface area contributed by atoms with Crippen LogP contribution in [0, 0.1) is 0 Å². The first-order valence-corrected chi connectivity index (χ1v) is 4.88. The number of nitrogens with zero attached hydrogens (tertiary/aromatic N) is 4. The molecule has 0 aliphatic carbocycles. The number of carbonyl (C=O) groups excluding carboxylic acids is 1. The van der Waals surface area contributed by atoms with Crippen LogP contribution in [0.15, 0.2) is 10.5 Å². The SMILES string of the molecule is CC(C)(C)c1nc(C(=O)N=[N+]=[N-])cs1. The molecule has 0 atom stereocenters. The molecule has 74 valence electrons. The molecule has 14 heavy (non-hydrogen) atoms. The summed E-state index contributed by atoms with van der Waals surface area (Å²) in [6, 6.07) is 0. The topological polar surface area (TPSA) is 78.7 Å². The van der Waals surface area contributed by atoms with Gasteiger partial charge in [-0.25, -0.2) is 4.98 Å². The third-order valence-electron chi connectivity index (χ3n) is 1.50. The number of hydrogen-bond acceptors (Lipinski definition) is 3. The van der Waals surface area contributed by atoms with Crippen LogP contribution in [0.1, 0.15) is 36.3 Å². The van der Waals surface area contributed by atoms with Crippen LogP contribution in [0.4, 0.5) is 0 Å². The number of thiazole rings is 1. The number of aromatic nitrogens is 1. The van der Waals surface area contributed by atoms with E-state index in [0.717, 1.165) is 5.01 Å². The monoisotopic (exact) mass is 210 g/mol. The molecule has 5 nitrogen and oxygen atoms in total. The molecule has 1 aromatic rings. The van der Waals surface area contributed by atoms with Crippen LogP contribution in [-0.4, -0.2) is 10.9 Å². The van der Waals surface area contributed by atoms with Crippen LogP contribution in [0.2, 0.25) is 0 Å². The fraction of sp³-hybridized carbons (Fsp3) is 0.500. The molecule has 0 aliphatic heterocycles. The van der Waals surface area contributed by atoms with Gasteiger partial charge in [-0.2, -0.15) is 0 Å². The van der Waals surface area contributed by atoms with E-state index in [9.17, 15) is 4.79 Å². The molecule has 1 heterocycles. The van der Waals surface area contributed by atoms with E-state index in [1.807, 2.05) is 20.8 Å². The van der Waals surface area contributed by atoms with E-state index in [-0.39, 0.29) is 11.1 Å². The highest BCUT2D eigenvalue weighted by atomic mass is 32.1. The smallest absolute Gasteiger partial charge is 0.268 e. The second-order valence-electron chi connectivity index (χ2n) is 3.78. The first-order chi connectivity index (χ1) is 6.45. The molecule has 0 N–H and O–H groups in total. The predicted octanol–water partition coefficient (Wildman–Crippen LogP) is 2.89. The normalized spacial score (nSPS) is 10.8. The first kappa shape index (κ1) is 10.7. The molecule has 1 rings (SSSR count). The summed E-state index contributed by atoms with van der Waals surface area (Å²) in [5.41, 5.74) is 8.21. The lowest BCUT2D eigenvalue weighted by Gasteiger charge is -2.13. The number of amides is 1. The summed E-state index contributed by atoms with van der Waals surface area (Å²) in [6.07, 6.45) is 0. The summed E-state index contributed by atoms with van der Waals surface area (Å²) in [5, 5.41) is 5.44. The summed E-state index contributed by atoms with van der Waals surface area (Å²) in [5.74, 6) is -0.626. The Hall–Kier alpha value is -1.39. The van der Waals surface area contributed by atoms with Crippen LogP contribution in [0.5, 0.6) is 0 Å². The average molecular weight is 210 g/mol. The fourth-order valence-corrected chi connectivity index (χ4v) is 1.69. The molecule has 0 saturated heterocycles. The van der Waals surface area contributed by atoms with Crippen molar-refractivity contribution in [2.24, 2.45) is 5.11 Å². The molecular weight excluding hydrogens is 200 g/mol. The van der Waals surface area contributed by atoms with E-state index >= 15 is 0 Å². The Morgan fingerprint density at radius 2 is 2.29 bits per heavy atom. The Morgan fingerprint density at radius 1 is 1.64 bits per heavy atom. The maximum atomic E-state index is 11.1. The quantitative estimate of drug-likeness (QED) is 0.406. The van der Waals surface area contributed by atoms with Gasteiger partial charge in [-0.05, 0) is 10.6 Å². The molecule has 1 amide bonds. The third kappa shape index (κ3) is 2.31. The lowest BCUT2D eigenvalue weighted by atomic mass is 9.98. The second kappa shape index (κ2) is 3.77.